The average molecular weight is 486 g/mol. The summed E-state index contributed by atoms with van der Waals surface area (Å²) < 4.78 is 43.9. The van der Waals surface area contributed by atoms with Crippen molar-refractivity contribution < 1.29 is 17.6 Å². The van der Waals surface area contributed by atoms with Gasteiger partial charge < -0.3 is 9.88 Å². The molecule has 2 aromatic carbocycles. The van der Waals surface area contributed by atoms with Gasteiger partial charge in [-0.05, 0) is 68.1 Å². The van der Waals surface area contributed by atoms with Crippen LogP contribution in [0.25, 0.3) is 11.4 Å². The number of benzene rings is 2. The van der Waals surface area contributed by atoms with E-state index in [1.165, 1.54) is 18.2 Å². The molecule has 1 amide bonds. The lowest BCUT2D eigenvalue weighted by molar-refractivity contribution is -0.116. The Balaban J connectivity index is 1.41. The molecule has 8 nitrogen and oxygen atoms in total. The third-order valence-corrected chi connectivity index (χ3v) is 7.50. The maximum absolute atomic E-state index is 14.4. The van der Waals surface area contributed by atoms with Crippen LogP contribution >= 0.6 is 0 Å². The Kier molecular flexibility index (Phi) is 7.08. The van der Waals surface area contributed by atoms with Crippen LogP contribution in [0.3, 0.4) is 0 Å². The Morgan fingerprint density at radius 2 is 1.88 bits per heavy atom. The maximum Gasteiger partial charge on any atom is 0.240 e. The monoisotopic (exact) mass is 485 g/mol. The summed E-state index contributed by atoms with van der Waals surface area (Å²) in [5.41, 5.74) is 2.53. The van der Waals surface area contributed by atoms with Gasteiger partial charge in [-0.1, -0.05) is 12.5 Å². The predicted octanol–water partition coefficient (Wildman–Crippen LogP) is 3.73. The molecule has 0 saturated heterocycles. The van der Waals surface area contributed by atoms with E-state index >= 15 is 0 Å². The van der Waals surface area contributed by atoms with Gasteiger partial charge in [0.1, 0.15) is 11.6 Å². The Hall–Kier alpha value is -3.11. The van der Waals surface area contributed by atoms with Gasteiger partial charge in [-0.15, -0.1) is 10.2 Å². The highest BCUT2D eigenvalue weighted by Gasteiger charge is 2.18. The minimum atomic E-state index is -3.75. The van der Waals surface area contributed by atoms with Crippen molar-refractivity contribution in [1.29, 1.82) is 0 Å². The summed E-state index contributed by atoms with van der Waals surface area (Å²) in [6.07, 6.45) is 3.93. The first-order chi connectivity index (χ1) is 16.2. The van der Waals surface area contributed by atoms with Gasteiger partial charge in [-0.2, -0.15) is 0 Å². The molecule has 180 valence electrons. The number of halogens is 1. The van der Waals surface area contributed by atoms with E-state index in [1.54, 1.807) is 18.2 Å². The molecule has 0 unspecified atom stereocenters. The number of rotatable bonds is 7. The molecule has 10 heteroatoms. The number of nitrogens with one attached hydrogen (secondary N) is 2. The summed E-state index contributed by atoms with van der Waals surface area (Å²) in [6, 6.07) is 9.28. The molecule has 0 radical (unpaired) electrons. The fourth-order valence-electron chi connectivity index (χ4n) is 3.93. The molecule has 0 bridgehead atoms. The minimum absolute atomic E-state index is 0.0190. The number of anilines is 1. The van der Waals surface area contributed by atoms with Gasteiger partial charge in [0, 0.05) is 31.5 Å². The SMILES string of the molecule is Cc1ccc(S(=O)(=O)NCCC(=O)Nc2cc(-c3nnc4n3CCCCC4)ccc2F)cc1C. The number of nitrogens with zero attached hydrogens (tertiary/aromatic N) is 3. The molecule has 2 N–H and O–H groups in total. The lowest BCUT2D eigenvalue weighted by atomic mass is 10.1. The van der Waals surface area contributed by atoms with Crippen LogP contribution in [-0.4, -0.2) is 35.6 Å². The second kappa shape index (κ2) is 10.0. The van der Waals surface area contributed by atoms with Crippen LogP contribution in [0.4, 0.5) is 10.1 Å². The first-order valence-electron chi connectivity index (χ1n) is 11.3. The first kappa shape index (κ1) is 24.0. The topological polar surface area (TPSA) is 106 Å². The molecule has 2 heterocycles. The fraction of sp³-hybridized carbons (Fsp3) is 0.375. The van der Waals surface area contributed by atoms with Gasteiger partial charge in [0.05, 0.1) is 10.6 Å². The minimum Gasteiger partial charge on any atom is -0.324 e. The normalized spacial score (nSPS) is 13.9. The standard InChI is InChI=1S/C24H28FN5O3S/c1-16-7-9-19(14-17(16)2)34(32,33)26-12-11-23(31)27-21-15-18(8-10-20(21)25)24-29-28-22-6-4-3-5-13-30(22)24/h7-10,14-15,26H,3-6,11-13H2,1-2H3,(H,27,31). The number of aryl methyl sites for hydroxylation is 3. The predicted molar refractivity (Wildman–Crippen MR) is 127 cm³/mol. The first-order valence-corrected chi connectivity index (χ1v) is 12.8. The third kappa shape index (κ3) is 5.34. The van der Waals surface area contributed by atoms with Crippen LogP contribution < -0.4 is 10.0 Å². The second-order valence-electron chi connectivity index (χ2n) is 8.54. The van der Waals surface area contributed by atoms with Crippen molar-refractivity contribution in [2.75, 3.05) is 11.9 Å². The van der Waals surface area contributed by atoms with E-state index < -0.39 is 21.7 Å². The molecule has 1 aliphatic heterocycles. The molecule has 0 atom stereocenters. The van der Waals surface area contributed by atoms with Crippen molar-refractivity contribution in [1.82, 2.24) is 19.5 Å². The second-order valence-corrected chi connectivity index (χ2v) is 10.3. The molecule has 0 spiro atoms. The van der Waals surface area contributed by atoms with Crippen molar-refractivity contribution in [3.8, 4) is 11.4 Å². The van der Waals surface area contributed by atoms with E-state index in [2.05, 4.69) is 20.2 Å². The maximum atomic E-state index is 14.4. The van der Waals surface area contributed by atoms with E-state index in [9.17, 15) is 17.6 Å². The molecule has 0 aliphatic carbocycles. The third-order valence-electron chi connectivity index (χ3n) is 6.04. The molecule has 34 heavy (non-hydrogen) atoms. The van der Waals surface area contributed by atoms with E-state index in [0.717, 1.165) is 49.2 Å². The molecule has 4 rings (SSSR count). The Morgan fingerprint density at radius 3 is 2.68 bits per heavy atom. The summed E-state index contributed by atoms with van der Waals surface area (Å²) in [5, 5.41) is 11.1. The fourth-order valence-corrected chi connectivity index (χ4v) is 5.05. The van der Waals surface area contributed by atoms with E-state index in [4.69, 9.17) is 0 Å². The summed E-state index contributed by atoms with van der Waals surface area (Å²) in [4.78, 5) is 12.6. The number of hydrogen-bond donors (Lipinski definition) is 2. The number of carbonyl (C=O) groups excluding carboxylic acids is 1. The number of aromatic nitrogens is 3. The van der Waals surface area contributed by atoms with E-state index in [0.29, 0.717) is 11.4 Å². The Labute approximate surface area is 198 Å². The van der Waals surface area contributed by atoms with Crippen molar-refractivity contribution >= 4 is 21.6 Å². The van der Waals surface area contributed by atoms with Gasteiger partial charge in [-0.25, -0.2) is 17.5 Å². The summed E-state index contributed by atoms with van der Waals surface area (Å²) in [5.74, 6) is 0.481. The molecule has 0 saturated carbocycles. The number of sulfonamides is 1. The Bertz CT molecular complexity index is 1320. The van der Waals surface area contributed by atoms with E-state index in [-0.39, 0.29) is 23.5 Å². The van der Waals surface area contributed by atoms with Crippen molar-refractivity contribution in [3.63, 3.8) is 0 Å². The molecular formula is C24H28FN5O3S. The van der Waals surface area contributed by atoms with Crippen LogP contribution in [0.1, 0.15) is 42.6 Å². The van der Waals surface area contributed by atoms with Crippen molar-refractivity contribution in [2.45, 2.75) is 57.4 Å². The molecule has 3 aromatic rings. The highest BCUT2D eigenvalue weighted by atomic mass is 32.2. The van der Waals surface area contributed by atoms with Gasteiger partial charge in [0.25, 0.3) is 0 Å². The number of amides is 1. The summed E-state index contributed by atoms with van der Waals surface area (Å²) >= 11 is 0. The zero-order chi connectivity index (χ0) is 24.3. The van der Waals surface area contributed by atoms with Gasteiger partial charge in [-0.3, -0.25) is 4.79 Å². The van der Waals surface area contributed by atoms with Crippen LogP contribution in [0.2, 0.25) is 0 Å². The largest absolute Gasteiger partial charge is 0.324 e. The zero-order valence-corrected chi connectivity index (χ0v) is 20.1. The molecule has 0 fully saturated rings. The van der Waals surface area contributed by atoms with Crippen molar-refractivity contribution in [2.24, 2.45) is 0 Å². The lowest BCUT2D eigenvalue weighted by Crippen LogP contribution is -2.28. The van der Waals surface area contributed by atoms with Crippen molar-refractivity contribution in [3.05, 3.63) is 59.2 Å². The molecule has 1 aliphatic rings. The quantitative estimate of drug-likeness (QED) is 0.530. The number of carbonyl (C=O) groups is 1. The highest BCUT2D eigenvalue weighted by molar-refractivity contribution is 7.89. The zero-order valence-electron chi connectivity index (χ0n) is 19.3. The van der Waals surface area contributed by atoms with Crippen LogP contribution in [0, 0.1) is 19.7 Å². The molecule has 1 aromatic heterocycles. The molecular weight excluding hydrogens is 457 g/mol. The van der Waals surface area contributed by atoms with Gasteiger partial charge in [0.2, 0.25) is 15.9 Å². The number of hydrogen-bond acceptors (Lipinski definition) is 5. The highest BCUT2D eigenvalue weighted by Crippen LogP contribution is 2.26. The van der Waals surface area contributed by atoms with Crippen LogP contribution in [0.15, 0.2) is 41.3 Å². The van der Waals surface area contributed by atoms with Gasteiger partial charge in [0.15, 0.2) is 5.82 Å². The Morgan fingerprint density at radius 1 is 1.06 bits per heavy atom. The smallest absolute Gasteiger partial charge is 0.240 e. The summed E-state index contributed by atoms with van der Waals surface area (Å²) in [7, 11) is -3.75. The summed E-state index contributed by atoms with van der Waals surface area (Å²) in [6.45, 7) is 4.43. The van der Waals surface area contributed by atoms with Gasteiger partial charge >= 0.3 is 0 Å². The van der Waals surface area contributed by atoms with E-state index in [1.807, 2.05) is 18.4 Å². The lowest BCUT2D eigenvalue weighted by Gasteiger charge is -2.11. The van der Waals surface area contributed by atoms with Crippen LogP contribution in [0.5, 0.6) is 0 Å². The van der Waals surface area contributed by atoms with Crippen LogP contribution in [-0.2, 0) is 27.8 Å². The average Bonchev–Trinajstić information content (AvgIpc) is 3.05. The number of fused-ring (bicyclic) bond motifs is 1.